The molecule has 2 aromatic heterocycles. The monoisotopic (exact) mass is 426 g/mol. The first-order valence-corrected chi connectivity index (χ1v) is 11.2. The van der Waals surface area contributed by atoms with Gasteiger partial charge in [-0.1, -0.05) is 35.9 Å². The fourth-order valence-corrected chi connectivity index (χ4v) is 4.64. The van der Waals surface area contributed by atoms with Gasteiger partial charge in [0.15, 0.2) is 5.13 Å². The second-order valence-corrected chi connectivity index (χ2v) is 8.80. The van der Waals surface area contributed by atoms with E-state index in [0.717, 1.165) is 16.1 Å². The molecule has 0 bridgehead atoms. The van der Waals surface area contributed by atoms with E-state index in [2.05, 4.69) is 27.3 Å². The Morgan fingerprint density at radius 3 is 2.52 bits per heavy atom. The fraction of sp³-hybridized carbons (Fsp3) is 0.286. The number of piperazine rings is 1. The Bertz CT molecular complexity index is 975. The molecular weight excluding hydrogens is 404 g/mol. The summed E-state index contributed by atoms with van der Waals surface area (Å²) < 4.78 is 0. The number of amides is 2. The van der Waals surface area contributed by atoms with Gasteiger partial charge in [-0.15, -0.1) is 22.7 Å². The molecule has 0 saturated carbocycles. The molecule has 4 rings (SSSR count). The number of aryl methyl sites for hydroxylation is 1. The van der Waals surface area contributed by atoms with Crippen molar-refractivity contribution < 1.29 is 9.59 Å². The molecule has 8 heteroatoms. The number of nitrogens with zero attached hydrogens (tertiary/aromatic N) is 3. The molecule has 1 aromatic carbocycles. The number of rotatable bonds is 5. The number of nitrogens with one attached hydrogen (secondary N) is 1. The van der Waals surface area contributed by atoms with Gasteiger partial charge in [-0.3, -0.25) is 14.5 Å². The molecule has 3 heterocycles. The molecule has 0 unspecified atom stereocenters. The van der Waals surface area contributed by atoms with Crippen LogP contribution in [-0.2, 0) is 4.79 Å². The number of carbonyl (C=O) groups is 2. The topological polar surface area (TPSA) is 65.5 Å². The van der Waals surface area contributed by atoms with Crippen molar-refractivity contribution >= 4 is 39.6 Å². The van der Waals surface area contributed by atoms with Crippen LogP contribution in [0.3, 0.4) is 0 Å². The SMILES string of the molecule is Cc1ccc(-c2csc(NC(=O)CN3CCN(C(=O)c4cccs4)CC3)n2)cc1. The number of thiazole rings is 1. The van der Waals surface area contributed by atoms with Crippen LogP contribution in [0.5, 0.6) is 0 Å². The van der Waals surface area contributed by atoms with Gasteiger partial charge in [0, 0.05) is 37.1 Å². The van der Waals surface area contributed by atoms with Crippen molar-refractivity contribution in [1.29, 1.82) is 0 Å². The Hall–Kier alpha value is -2.55. The minimum atomic E-state index is -0.0761. The van der Waals surface area contributed by atoms with E-state index >= 15 is 0 Å². The average Bonchev–Trinajstić information content (AvgIpc) is 3.41. The van der Waals surface area contributed by atoms with Gasteiger partial charge < -0.3 is 10.2 Å². The molecule has 1 saturated heterocycles. The molecule has 1 fully saturated rings. The number of hydrogen-bond donors (Lipinski definition) is 1. The third kappa shape index (κ3) is 4.90. The minimum absolute atomic E-state index is 0.0761. The quantitative estimate of drug-likeness (QED) is 0.677. The summed E-state index contributed by atoms with van der Waals surface area (Å²) in [4.78, 5) is 34.0. The van der Waals surface area contributed by atoms with Crippen LogP contribution in [0.4, 0.5) is 5.13 Å². The first-order valence-electron chi connectivity index (χ1n) is 9.46. The minimum Gasteiger partial charge on any atom is -0.335 e. The standard InChI is InChI=1S/C21H22N4O2S2/c1-15-4-6-16(7-5-15)17-14-29-21(22-17)23-19(26)13-24-8-10-25(11-9-24)20(27)18-3-2-12-28-18/h2-7,12,14H,8-11,13H2,1H3,(H,22,23,26). The maximum Gasteiger partial charge on any atom is 0.264 e. The second kappa shape index (κ2) is 8.86. The Labute approximate surface area is 177 Å². The molecule has 150 valence electrons. The predicted molar refractivity (Wildman–Crippen MR) is 118 cm³/mol. The average molecular weight is 427 g/mol. The van der Waals surface area contributed by atoms with E-state index in [4.69, 9.17) is 0 Å². The zero-order valence-corrected chi connectivity index (χ0v) is 17.8. The van der Waals surface area contributed by atoms with Gasteiger partial charge in [0.1, 0.15) is 0 Å². The molecule has 0 aliphatic carbocycles. The van der Waals surface area contributed by atoms with Gasteiger partial charge in [0.2, 0.25) is 5.91 Å². The van der Waals surface area contributed by atoms with Crippen LogP contribution in [0.2, 0.25) is 0 Å². The van der Waals surface area contributed by atoms with Crippen LogP contribution in [0.15, 0.2) is 47.2 Å². The first kappa shape index (κ1) is 19.8. The summed E-state index contributed by atoms with van der Waals surface area (Å²) in [5.41, 5.74) is 3.11. The van der Waals surface area contributed by atoms with Crippen molar-refractivity contribution in [2.45, 2.75) is 6.92 Å². The molecule has 1 aliphatic heterocycles. The predicted octanol–water partition coefficient (Wildman–Crippen LogP) is 3.58. The Morgan fingerprint density at radius 1 is 1.07 bits per heavy atom. The lowest BCUT2D eigenvalue weighted by molar-refractivity contribution is -0.117. The number of aromatic nitrogens is 1. The maximum absolute atomic E-state index is 12.4. The number of thiophene rings is 1. The summed E-state index contributed by atoms with van der Waals surface area (Å²) in [6.45, 7) is 5.01. The van der Waals surface area contributed by atoms with E-state index in [-0.39, 0.29) is 11.8 Å². The smallest absolute Gasteiger partial charge is 0.264 e. The van der Waals surface area contributed by atoms with Crippen molar-refractivity contribution in [2.75, 3.05) is 38.0 Å². The molecule has 2 amide bonds. The molecular formula is C21H22N4O2S2. The van der Waals surface area contributed by atoms with Crippen LogP contribution in [-0.4, -0.2) is 59.3 Å². The summed E-state index contributed by atoms with van der Waals surface area (Å²) in [6.07, 6.45) is 0. The van der Waals surface area contributed by atoms with E-state index in [0.29, 0.717) is 37.9 Å². The highest BCUT2D eigenvalue weighted by atomic mass is 32.1. The summed E-state index contributed by atoms with van der Waals surface area (Å²) in [7, 11) is 0. The van der Waals surface area contributed by atoms with Crippen LogP contribution in [0.25, 0.3) is 11.3 Å². The van der Waals surface area contributed by atoms with E-state index in [1.54, 1.807) is 0 Å². The zero-order valence-electron chi connectivity index (χ0n) is 16.1. The number of hydrogen-bond acceptors (Lipinski definition) is 6. The van der Waals surface area contributed by atoms with E-state index in [1.807, 2.05) is 46.8 Å². The summed E-state index contributed by atoms with van der Waals surface area (Å²) in [5, 5.41) is 7.37. The van der Waals surface area contributed by atoms with E-state index in [9.17, 15) is 9.59 Å². The highest BCUT2D eigenvalue weighted by Gasteiger charge is 2.24. The van der Waals surface area contributed by atoms with Crippen LogP contribution in [0, 0.1) is 6.92 Å². The third-order valence-corrected chi connectivity index (χ3v) is 6.47. The largest absolute Gasteiger partial charge is 0.335 e. The number of carbonyl (C=O) groups excluding carboxylic acids is 2. The highest BCUT2D eigenvalue weighted by Crippen LogP contribution is 2.25. The molecule has 1 N–H and O–H groups in total. The van der Waals surface area contributed by atoms with Gasteiger partial charge in [-0.25, -0.2) is 4.98 Å². The molecule has 3 aromatic rings. The molecule has 0 atom stereocenters. The van der Waals surface area contributed by atoms with Crippen molar-refractivity contribution in [3.05, 3.63) is 57.6 Å². The molecule has 6 nitrogen and oxygen atoms in total. The van der Waals surface area contributed by atoms with E-state index in [1.165, 1.54) is 28.2 Å². The highest BCUT2D eigenvalue weighted by molar-refractivity contribution is 7.14. The summed E-state index contributed by atoms with van der Waals surface area (Å²) >= 11 is 2.89. The Morgan fingerprint density at radius 2 is 1.83 bits per heavy atom. The molecule has 0 spiro atoms. The zero-order chi connectivity index (χ0) is 20.2. The normalized spacial score (nSPS) is 14.7. The van der Waals surface area contributed by atoms with Crippen LogP contribution < -0.4 is 5.32 Å². The van der Waals surface area contributed by atoms with Gasteiger partial charge in [-0.05, 0) is 18.4 Å². The number of anilines is 1. The van der Waals surface area contributed by atoms with Crippen molar-refractivity contribution in [1.82, 2.24) is 14.8 Å². The van der Waals surface area contributed by atoms with Crippen molar-refractivity contribution in [3.63, 3.8) is 0 Å². The lowest BCUT2D eigenvalue weighted by Crippen LogP contribution is -2.50. The summed E-state index contributed by atoms with van der Waals surface area (Å²) in [5.74, 6) is 0.00311. The molecule has 0 radical (unpaired) electrons. The van der Waals surface area contributed by atoms with Crippen molar-refractivity contribution in [2.24, 2.45) is 0 Å². The lowest BCUT2D eigenvalue weighted by atomic mass is 10.1. The van der Waals surface area contributed by atoms with Gasteiger partial charge in [-0.2, -0.15) is 0 Å². The first-order chi connectivity index (χ1) is 14.1. The third-order valence-electron chi connectivity index (χ3n) is 4.86. The van der Waals surface area contributed by atoms with E-state index < -0.39 is 0 Å². The summed E-state index contributed by atoms with van der Waals surface area (Å²) in [6, 6.07) is 11.9. The lowest BCUT2D eigenvalue weighted by Gasteiger charge is -2.34. The fourth-order valence-electron chi connectivity index (χ4n) is 3.22. The van der Waals surface area contributed by atoms with Crippen molar-refractivity contribution in [3.8, 4) is 11.3 Å². The number of benzene rings is 1. The second-order valence-electron chi connectivity index (χ2n) is 7.00. The molecule has 1 aliphatic rings. The Balaban J connectivity index is 1.26. The van der Waals surface area contributed by atoms with Crippen LogP contribution in [0.1, 0.15) is 15.2 Å². The maximum atomic E-state index is 12.4. The van der Waals surface area contributed by atoms with Gasteiger partial charge in [0.25, 0.3) is 5.91 Å². The van der Waals surface area contributed by atoms with Gasteiger partial charge >= 0.3 is 0 Å². The Kier molecular flexibility index (Phi) is 6.03. The molecule has 29 heavy (non-hydrogen) atoms. The van der Waals surface area contributed by atoms with Crippen LogP contribution >= 0.6 is 22.7 Å². The van der Waals surface area contributed by atoms with Gasteiger partial charge in [0.05, 0.1) is 17.1 Å².